The number of carbonyl (C=O) groups is 2. The summed E-state index contributed by atoms with van der Waals surface area (Å²) >= 11 is 6.45. The molecule has 0 radical (unpaired) electrons. The maximum atomic E-state index is 11.4. The van der Waals surface area contributed by atoms with Crippen molar-refractivity contribution < 1.29 is 9.59 Å². The number of rotatable bonds is 6. The average molecular weight is 387 g/mol. The molecule has 5 heteroatoms. The Bertz CT molecular complexity index is 533. The molecular weight excluding hydrogens is 368 g/mol. The molecule has 0 aliphatic rings. The fourth-order valence-electron chi connectivity index (χ4n) is 1.57. The zero-order valence-electron chi connectivity index (χ0n) is 12.2. The van der Waals surface area contributed by atoms with Crippen molar-refractivity contribution in [1.29, 1.82) is 0 Å². The fourth-order valence-corrected chi connectivity index (χ4v) is 3.14. The predicted octanol–water partition coefficient (Wildman–Crippen LogP) is 5.84. The smallest absolute Gasteiger partial charge is 0.177 e. The minimum atomic E-state index is -0.0166. The van der Waals surface area contributed by atoms with Gasteiger partial charge < -0.3 is 0 Å². The highest BCUT2D eigenvalue weighted by Crippen LogP contribution is 2.15. The first-order chi connectivity index (χ1) is 10.1. The van der Waals surface area contributed by atoms with Gasteiger partial charge >= 0.3 is 0 Å². The molecule has 2 nitrogen and oxygen atoms in total. The quantitative estimate of drug-likeness (QED) is 0.461. The van der Waals surface area contributed by atoms with Crippen LogP contribution >= 0.6 is 38.6 Å². The molecule has 0 bridgehead atoms. The number of Topliss-reactive ketones (excluding diaryl/α,β-unsaturated/α-hetero) is 2. The summed E-state index contributed by atoms with van der Waals surface area (Å²) in [5.41, 5.74) is 1.69. The van der Waals surface area contributed by atoms with Crippen LogP contribution in [0.25, 0.3) is 0 Å². The number of hydrogen-bond donors (Lipinski definition) is 0. The van der Waals surface area contributed by atoms with E-state index in [1.807, 2.05) is 47.5 Å². The van der Waals surface area contributed by atoms with Gasteiger partial charge in [0.1, 0.15) is 0 Å². The zero-order valence-corrected chi connectivity index (χ0v) is 15.4. The minimum Gasteiger partial charge on any atom is -0.294 e. The molecule has 1 atom stereocenters. The molecule has 0 amide bonds. The third kappa shape index (κ3) is 6.24. The molecule has 1 unspecified atom stereocenters. The maximum Gasteiger partial charge on any atom is 0.177 e. The largest absolute Gasteiger partial charge is 0.294 e. The maximum absolute atomic E-state index is 11.4. The topological polar surface area (TPSA) is 34.1 Å². The standard InChI is InChI=1S/C8H9BrOS.C8H10OS/c1-2-7(9)8(10)6-3-4-11-5-6;1-2-3-8(9)7-4-5-10-6-7/h3-5,7H,2H2,1H3;4-6H,2-3H2,1H3. The Morgan fingerprint density at radius 3 is 2.10 bits per heavy atom. The Hall–Kier alpha value is -0.780. The minimum absolute atomic E-state index is 0.0166. The predicted molar refractivity (Wildman–Crippen MR) is 95.2 cm³/mol. The first-order valence-corrected chi connectivity index (χ1v) is 9.66. The van der Waals surface area contributed by atoms with E-state index in [0.29, 0.717) is 6.42 Å². The number of ketones is 2. The van der Waals surface area contributed by atoms with Crippen molar-refractivity contribution in [2.45, 2.75) is 37.9 Å². The lowest BCUT2D eigenvalue weighted by atomic mass is 10.1. The molecule has 0 saturated heterocycles. The van der Waals surface area contributed by atoms with Crippen molar-refractivity contribution in [3.63, 3.8) is 0 Å². The molecule has 0 N–H and O–H groups in total. The summed E-state index contributed by atoms with van der Waals surface area (Å²) in [7, 11) is 0. The van der Waals surface area contributed by atoms with Crippen LogP contribution in [0.15, 0.2) is 33.7 Å². The molecule has 21 heavy (non-hydrogen) atoms. The molecule has 0 fully saturated rings. The highest BCUT2D eigenvalue weighted by Gasteiger charge is 2.14. The van der Waals surface area contributed by atoms with Crippen molar-refractivity contribution >= 4 is 50.2 Å². The van der Waals surface area contributed by atoms with Gasteiger partial charge in [-0.25, -0.2) is 0 Å². The molecule has 0 aliphatic carbocycles. The first-order valence-electron chi connectivity index (χ1n) is 6.86. The van der Waals surface area contributed by atoms with Crippen LogP contribution in [0.5, 0.6) is 0 Å². The monoisotopic (exact) mass is 386 g/mol. The molecule has 0 aromatic carbocycles. The number of thiophene rings is 2. The molecule has 0 aliphatic heterocycles. The second-order valence-electron chi connectivity index (χ2n) is 4.44. The summed E-state index contributed by atoms with van der Waals surface area (Å²) in [6.45, 7) is 4.01. The molecule has 2 aromatic rings. The van der Waals surface area contributed by atoms with Gasteiger partial charge in [-0.05, 0) is 35.7 Å². The molecule has 0 saturated carbocycles. The Labute approximate surface area is 142 Å². The molecule has 2 heterocycles. The average Bonchev–Trinajstić information content (AvgIpc) is 3.19. The second-order valence-corrected chi connectivity index (χ2v) is 7.10. The lowest BCUT2D eigenvalue weighted by molar-refractivity contribution is 0.0977. The Morgan fingerprint density at radius 2 is 1.67 bits per heavy atom. The fraction of sp³-hybridized carbons (Fsp3) is 0.375. The van der Waals surface area contributed by atoms with E-state index < -0.39 is 0 Å². The molecular formula is C16H19BrO2S2. The summed E-state index contributed by atoms with van der Waals surface area (Å²) in [5.74, 6) is 0.456. The van der Waals surface area contributed by atoms with E-state index in [0.717, 1.165) is 24.0 Å². The van der Waals surface area contributed by atoms with Gasteiger partial charge in [-0.15, -0.1) is 0 Å². The molecule has 2 rings (SSSR count). The third-order valence-corrected chi connectivity index (χ3v) is 5.20. The van der Waals surface area contributed by atoms with Gasteiger partial charge in [0.2, 0.25) is 0 Å². The first kappa shape index (κ1) is 18.3. The van der Waals surface area contributed by atoms with E-state index in [1.54, 1.807) is 22.7 Å². The third-order valence-electron chi connectivity index (χ3n) is 2.77. The van der Waals surface area contributed by atoms with Gasteiger partial charge in [-0.2, -0.15) is 22.7 Å². The van der Waals surface area contributed by atoms with Gasteiger partial charge in [0, 0.05) is 28.3 Å². The molecule has 114 valence electrons. The lowest BCUT2D eigenvalue weighted by Crippen LogP contribution is -2.11. The summed E-state index contributed by atoms with van der Waals surface area (Å²) in [5, 5.41) is 7.63. The Morgan fingerprint density at radius 1 is 1.10 bits per heavy atom. The van der Waals surface area contributed by atoms with Crippen LogP contribution in [-0.2, 0) is 0 Å². The summed E-state index contributed by atoms with van der Waals surface area (Å²) in [4.78, 5) is 22.5. The molecule has 0 spiro atoms. The van der Waals surface area contributed by atoms with E-state index in [4.69, 9.17) is 0 Å². The van der Waals surface area contributed by atoms with Crippen molar-refractivity contribution in [2.24, 2.45) is 0 Å². The highest BCUT2D eigenvalue weighted by molar-refractivity contribution is 9.10. The van der Waals surface area contributed by atoms with E-state index in [9.17, 15) is 9.59 Å². The SMILES string of the molecule is CCC(Br)C(=O)c1ccsc1.CCCC(=O)c1ccsc1. The lowest BCUT2D eigenvalue weighted by Gasteiger charge is -2.01. The van der Waals surface area contributed by atoms with Gasteiger partial charge in [0.25, 0.3) is 0 Å². The van der Waals surface area contributed by atoms with Crippen LogP contribution in [0.2, 0.25) is 0 Å². The van der Waals surface area contributed by atoms with Crippen LogP contribution in [0.1, 0.15) is 53.8 Å². The van der Waals surface area contributed by atoms with Crippen molar-refractivity contribution in [2.75, 3.05) is 0 Å². The normalized spacial score (nSPS) is 11.4. The van der Waals surface area contributed by atoms with Crippen molar-refractivity contribution in [1.82, 2.24) is 0 Å². The van der Waals surface area contributed by atoms with Crippen LogP contribution in [-0.4, -0.2) is 16.4 Å². The van der Waals surface area contributed by atoms with Crippen LogP contribution in [0.4, 0.5) is 0 Å². The highest BCUT2D eigenvalue weighted by atomic mass is 79.9. The van der Waals surface area contributed by atoms with Gasteiger partial charge in [0.15, 0.2) is 11.6 Å². The van der Waals surface area contributed by atoms with E-state index in [1.165, 1.54) is 0 Å². The van der Waals surface area contributed by atoms with E-state index in [-0.39, 0.29) is 16.4 Å². The van der Waals surface area contributed by atoms with E-state index >= 15 is 0 Å². The van der Waals surface area contributed by atoms with E-state index in [2.05, 4.69) is 15.9 Å². The van der Waals surface area contributed by atoms with Crippen molar-refractivity contribution in [3.8, 4) is 0 Å². The number of hydrogen-bond acceptors (Lipinski definition) is 4. The second kappa shape index (κ2) is 10.0. The molecule has 2 aromatic heterocycles. The van der Waals surface area contributed by atoms with Gasteiger partial charge in [-0.3, -0.25) is 9.59 Å². The number of halogens is 1. The zero-order chi connectivity index (χ0) is 15.7. The Balaban J connectivity index is 0.000000211. The van der Waals surface area contributed by atoms with Crippen molar-refractivity contribution in [3.05, 3.63) is 44.8 Å². The summed E-state index contributed by atoms with van der Waals surface area (Å²) in [6.07, 6.45) is 2.46. The van der Waals surface area contributed by atoms with Gasteiger partial charge in [0.05, 0.1) is 4.83 Å². The summed E-state index contributed by atoms with van der Waals surface area (Å²) in [6, 6.07) is 3.74. The van der Waals surface area contributed by atoms with Crippen LogP contribution < -0.4 is 0 Å². The number of carbonyl (C=O) groups excluding carboxylic acids is 2. The van der Waals surface area contributed by atoms with Crippen LogP contribution in [0.3, 0.4) is 0 Å². The van der Waals surface area contributed by atoms with Crippen LogP contribution in [0, 0.1) is 0 Å². The van der Waals surface area contributed by atoms with Gasteiger partial charge in [-0.1, -0.05) is 29.8 Å². The summed E-state index contributed by atoms with van der Waals surface area (Å²) < 4.78 is 0. The Kier molecular flexibility index (Phi) is 8.73. The number of alkyl halides is 1.